The zero-order chi connectivity index (χ0) is 57.8. The number of ether oxygens (including phenoxy) is 3. The molecule has 0 bridgehead atoms. The Balaban J connectivity index is 1.18. The number of nitrogens with zero attached hydrogens (tertiary/aromatic N) is 1. The van der Waals surface area contributed by atoms with Crippen molar-refractivity contribution in [1.82, 2.24) is 15.7 Å². The van der Waals surface area contributed by atoms with Gasteiger partial charge in [-0.25, -0.2) is 15.2 Å². The van der Waals surface area contributed by atoms with Gasteiger partial charge in [0.05, 0.1) is 5.56 Å². The zero-order valence-corrected chi connectivity index (χ0v) is 42.6. The molecular formula is C73H26N4O5. The van der Waals surface area contributed by atoms with Crippen molar-refractivity contribution >= 4 is 17.8 Å². The summed E-state index contributed by atoms with van der Waals surface area (Å²) in [7, 11) is 0. The van der Waals surface area contributed by atoms with E-state index in [-0.39, 0.29) is 41.9 Å². The lowest BCUT2D eigenvalue weighted by Gasteiger charge is -2.15. The molecule has 1 aliphatic carbocycles. The number of amides is 2. The predicted molar refractivity (Wildman–Crippen MR) is 313 cm³/mol. The number of terminal acetylenes is 2. The van der Waals surface area contributed by atoms with Gasteiger partial charge in [0.1, 0.15) is 24.6 Å². The van der Waals surface area contributed by atoms with Crippen molar-refractivity contribution in [2.45, 2.75) is 19.4 Å². The fraction of sp³-hybridized carbons (Fsp3) is 0.0548. The Morgan fingerprint density at radius 3 is 1.32 bits per heavy atom. The van der Waals surface area contributed by atoms with Gasteiger partial charge in [-0.3, -0.25) is 10.2 Å². The van der Waals surface area contributed by atoms with E-state index in [4.69, 9.17) is 27.1 Å². The Bertz CT molecular complexity index is 4700. The van der Waals surface area contributed by atoms with Gasteiger partial charge < -0.3 is 19.5 Å². The van der Waals surface area contributed by atoms with Crippen molar-refractivity contribution < 1.29 is 23.8 Å². The van der Waals surface area contributed by atoms with E-state index in [2.05, 4.69) is 282 Å². The highest BCUT2D eigenvalue weighted by molar-refractivity contribution is 5.94. The fourth-order valence-corrected chi connectivity index (χ4v) is 6.10. The highest BCUT2D eigenvalue weighted by Gasteiger charge is 2.29. The molecule has 0 saturated heterocycles. The highest BCUT2D eigenvalue weighted by atomic mass is 16.6. The van der Waals surface area contributed by atoms with Crippen LogP contribution in [-0.2, 0) is 11.3 Å². The summed E-state index contributed by atoms with van der Waals surface area (Å²) in [6.07, 6.45) is 15.6. The molecule has 0 unspecified atom stereocenters. The second-order valence-electron chi connectivity index (χ2n) is 14.4. The topological polar surface area (TPSA) is 111 Å². The number of carbonyl (C=O) groups is 2. The molecule has 4 aromatic rings. The minimum Gasteiger partial charge on any atom is -0.447 e. The number of hydrogen-bond acceptors (Lipinski definition) is 7. The molecule has 3 aromatic carbocycles. The number of rotatable bonds is 9. The maximum absolute atomic E-state index is 13.2. The number of hydrazine groups is 1. The fourth-order valence-electron chi connectivity index (χ4n) is 6.10. The van der Waals surface area contributed by atoms with Crippen molar-refractivity contribution in [1.29, 1.82) is 0 Å². The third-order valence-corrected chi connectivity index (χ3v) is 9.23. The van der Waals surface area contributed by atoms with E-state index in [1.54, 1.807) is 25.1 Å². The molecule has 0 radical (unpaired) electrons. The normalized spacial score (nSPS) is 7.70. The van der Waals surface area contributed by atoms with Crippen LogP contribution >= 0.6 is 0 Å². The van der Waals surface area contributed by atoms with Crippen LogP contribution in [0, 0.1) is 269 Å². The van der Waals surface area contributed by atoms with Gasteiger partial charge >= 0.3 is 6.09 Å². The van der Waals surface area contributed by atoms with Crippen LogP contribution in [0.5, 0.6) is 11.5 Å². The minimum atomic E-state index is -0.695. The van der Waals surface area contributed by atoms with E-state index < -0.39 is 12.0 Å². The lowest BCUT2D eigenvalue weighted by atomic mass is 9.98. The van der Waals surface area contributed by atoms with Crippen molar-refractivity contribution in [3.63, 3.8) is 0 Å². The number of anilines is 1. The first-order chi connectivity index (χ1) is 40.5. The molecular weight excluding hydrogens is 1010 g/mol. The zero-order valence-electron chi connectivity index (χ0n) is 42.6. The molecule has 82 heavy (non-hydrogen) atoms. The minimum absolute atomic E-state index is 0.0656. The third kappa shape index (κ3) is 22.2. The van der Waals surface area contributed by atoms with Gasteiger partial charge in [-0.2, -0.15) is 0 Å². The van der Waals surface area contributed by atoms with E-state index in [0.717, 1.165) is 22.3 Å². The van der Waals surface area contributed by atoms with E-state index in [0.29, 0.717) is 11.1 Å². The van der Waals surface area contributed by atoms with Gasteiger partial charge in [-0.15, -0.1) is 12.8 Å². The van der Waals surface area contributed by atoms with E-state index >= 15 is 0 Å². The molecule has 2 amide bonds. The first-order valence-electron chi connectivity index (χ1n) is 23.0. The summed E-state index contributed by atoms with van der Waals surface area (Å²) in [5, 5.41) is 2.85. The first-order valence-corrected chi connectivity index (χ1v) is 23.0. The molecule has 1 aliphatic rings. The summed E-state index contributed by atoms with van der Waals surface area (Å²) in [5.74, 6) is 99.1. The van der Waals surface area contributed by atoms with Crippen molar-refractivity contribution in [3.8, 4) is 285 Å². The van der Waals surface area contributed by atoms with Crippen molar-refractivity contribution in [2.75, 3.05) is 12.0 Å². The lowest BCUT2D eigenvalue weighted by Crippen LogP contribution is -2.31. The molecule has 5 rings (SSSR count). The molecule has 0 fully saturated rings. The number of hydrogen-bond donors (Lipinski definition) is 3. The number of aromatic nitrogens is 1. The molecule has 0 spiro atoms. The van der Waals surface area contributed by atoms with Crippen LogP contribution in [0.25, 0.3) is 11.1 Å². The van der Waals surface area contributed by atoms with Crippen LogP contribution in [0.2, 0.25) is 0 Å². The molecule has 0 aliphatic heterocycles. The molecule has 368 valence electrons. The van der Waals surface area contributed by atoms with Crippen LogP contribution in [0.3, 0.4) is 0 Å². The molecule has 1 aromatic heterocycles. The Hall–Kier alpha value is -14.7. The van der Waals surface area contributed by atoms with Gasteiger partial charge in [-0.1, -0.05) is 54.6 Å². The quantitative estimate of drug-likeness (QED) is 0.157. The monoisotopic (exact) mass is 1040 g/mol. The van der Waals surface area contributed by atoms with Crippen molar-refractivity contribution in [2.24, 2.45) is 0 Å². The highest BCUT2D eigenvalue weighted by Crippen LogP contribution is 2.44. The van der Waals surface area contributed by atoms with Gasteiger partial charge in [0, 0.05) is 161 Å². The molecule has 0 saturated carbocycles. The smallest absolute Gasteiger partial charge is 0.426 e. The van der Waals surface area contributed by atoms with Crippen molar-refractivity contribution in [3.05, 3.63) is 107 Å². The molecule has 9 heteroatoms. The van der Waals surface area contributed by atoms with Gasteiger partial charge in [0.15, 0.2) is 11.5 Å². The standard InChI is InChI=1S/C73H26N4O5/c1-4-6-8-10-12-14-16-18-20-22-24-26-28-30-32-34-36-38-40-46-54-80-69-57-62(56-61(3)71(69)81-55-47-41-39-37-35-33-31-29-27-25-23-21-19-17-15-13-11-9-7-5-2)58-75-72(78)63-52-53-70(74-59-63)76-77-73(79)82-60-68-66-50-44-42-48-64(66)65-49-43-45-51-67(65)68/h1-2,42-45,48-53,56-57,59,68H,58,60H2,3H3,(H,74,76)(H,75,78)(H,77,79). The number of pyridine rings is 1. The van der Waals surface area contributed by atoms with Crippen LogP contribution in [0.1, 0.15) is 38.5 Å². The average Bonchev–Trinajstić information content (AvgIpc) is 3.58. The summed E-state index contributed by atoms with van der Waals surface area (Å²) in [6, 6.07) is 22.5. The van der Waals surface area contributed by atoms with Gasteiger partial charge in [-0.05, 0) is 153 Å². The number of fused-ring (bicyclic) bond motifs is 3. The Morgan fingerprint density at radius 1 is 0.500 bits per heavy atom. The number of nitrogens with one attached hydrogen (secondary N) is 3. The Morgan fingerprint density at radius 2 is 0.902 bits per heavy atom. The molecule has 9 nitrogen and oxygen atoms in total. The van der Waals surface area contributed by atoms with E-state index in [1.807, 2.05) is 36.4 Å². The number of aryl methyl sites for hydroxylation is 1. The van der Waals surface area contributed by atoms with Crippen LogP contribution in [-0.4, -0.2) is 23.6 Å². The molecule has 0 atom stereocenters. The van der Waals surface area contributed by atoms with Crippen LogP contribution in [0.15, 0.2) is 79.0 Å². The predicted octanol–water partition coefficient (Wildman–Crippen LogP) is 5.19. The largest absolute Gasteiger partial charge is 0.447 e. The Labute approximate surface area is 477 Å². The second-order valence-corrected chi connectivity index (χ2v) is 14.4. The number of carbonyl (C=O) groups excluding carboxylic acids is 2. The first kappa shape index (κ1) is 58.2. The van der Waals surface area contributed by atoms with Crippen LogP contribution < -0.4 is 25.6 Å². The SMILES string of the molecule is C#CC#CC#CC#CC#CC#CC#CC#CC#CC#CC#COc1cc(CNC(=O)c2ccc(NNC(=O)OCC3c4ccccc4-c4ccccc43)nc2)cc(C)c1OC#CC#CC#CC#CC#CC#CC#CC#CC#CC#CC#C. The molecule has 3 N–H and O–H groups in total. The van der Waals surface area contributed by atoms with E-state index in [9.17, 15) is 9.59 Å². The van der Waals surface area contributed by atoms with Crippen LogP contribution in [0.4, 0.5) is 10.6 Å². The lowest BCUT2D eigenvalue weighted by molar-refractivity contribution is 0.0950. The Kier molecular flexibility index (Phi) is 25.7. The second kappa shape index (κ2) is 36.2. The maximum atomic E-state index is 13.2. The van der Waals surface area contributed by atoms with Gasteiger partial charge in [0.2, 0.25) is 0 Å². The summed E-state index contributed by atoms with van der Waals surface area (Å²) in [4.78, 5) is 30.2. The number of benzene rings is 3. The summed E-state index contributed by atoms with van der Waals surface area (Å²) in [5.41, 5.74) is 11.1. The summed E-state index contributed by atoms with van der Waals surface area (Å²) in [6.45, 7) is 1.95. The van der Waals surface area contributed by atoms with Gasteiger partial charge in [0.25, 0.3) is 5.91 Å². The molecule has 1 heterocycles. The maximum Gasteiger partial charge on any atom is 0.426 e. The average molecular weight is 1040 g/mol. The summed E-state index contributed by atoms with van der Waals surface area (Å²) < 4.78 is 17.0. The summed E-state index contributed by atoms with van der Waals surface area (Å²) >= 11 is 0. The van der Waals surface area contributed by atoms with E-state index in [1.165, 1.54) is 12.3 Å². The third-order valence-electron chi connectivity index (χ3n) is 9.23.